The molecular formula is C13H9BrN2O3. The topological polar surface area (TPSA) is 86.1 Å². The van der Waals surface area contributed by atoms with Crippen LogP contribution in [0.1, 0.15) is 5.56 Å². The van der Waals surface area contributed by atoms with Crippen LogP contribution >= 0.6 is 15.9 Å². The van der Waals surface area contributed by atoms with E-state index in [4.69, 9.17) is 10.00 Å². The monoisotopic (exact) mass is 320 g/mol. The molecule has 0 spiro atoms. The van der Waals surface area contributed by atoms with Gasteiger partial charge in [0.2, 0.25) is 5.88 Å². The van der Waals surface area contributed by atoms with Crippen LogP contribution in [0.3, 0.4) is 0 Å². The summed E-state index contributed by atoms with van der Waals surface area (Å²) in [6, 6.07) is 8.27. The molecule has 0 saturated carbocycles. The Kier molecular flexibility index (Phi) is 3.58. The lowest BCUT2D eigenvalue weighted by Crippen LogP contribution is -2.06. The van der Waals surface area contributed by atoms with Gasteiger partial charge in [0.15, 0.2) is 0 Å². The highest BCUT2D eigenvalue weighted by Gasteiger charge is 2.13. The van der Waals surface area contributed by atoms with Gasteiger partial charge in [-0.3, -0.25) is 9.78 Å². The number of nitrogens with one attached hydrogen (secondary N) is 1. The van der Waals surface area contributed by atoms with E-state index in [2.05, 4.69) is 20.9 Å². The largest absolute Gasteiger partial charge is 0.496 e. The van der Waals surface area contributed by atoms with Crippen molar-refractivity contribution in [2.45, 2.75) is 0 Å². The SMILES string of the molecule is COc1ccc(-c2cc(=O)[nH]c(O)c2C#N)cc1Br. The Morgan fingerprint density at radius 3 is 2.74 bits per heavy atom. The summed E-state index contributed by atoms with van der Waals surface area (Å²) in [5, 5.41) is 18.6. The number of benzene rings is 1. The number of H-pyrrole nitrogens is 1. The molecule has 0 radical (unpaired) electrons. The fourth-order valence-electron chi connectivity index (χ4n) is 1.72. The average molecular weight is 321 g/mol. The number of nitrogens with zero attached hydrogens (tertiary/aromatic N) is 1. The molecule has 96 valence electrons. The van der Waals surface area contributed by atoms with Crippen molar-refractivity contribution in [2.24, 2.45) is 0 Å². The van der Waals surface area contributed by atoms with Gasteiger partial charge in [-0.2, -0.15) is 5.26 Å². The smallest absolute Gasteiger partial charge is 0.251 e. The number of rotatable bonds is 2. The van der Waals surface area contributed by atoms with Gasteiger partial charge in [-0.15, -0.1) is 0 Å². The summed E-state index contributed by atoms with van der Waals surface area (Å²) < 4.78 is 5.80. The number of nitriles is 1. The lowest BCUT2D eigenvalue weighted by molar-refractivity contribution is 0.412. The lowest BCUT2D eigenvalue weighted by Gasteiger charge is -2.08. The molecule has 6 heteroatoms. The van der Waals surface area contributed by atoms with Crippen LogP contribution in [0.15, 0.2) is 33.5 Å². The molecular weight excluding hydrogens is 312 g/mol. The molecule has 0 saturated heterocycles. The van der Waals surface area contributed by atoms with Crippen molar-refractivity contribution in [3.05, 3.63) is 44.7 Å². The molecule has 0 atom stereocenters. The molecule has 19 heavy (non-hydrogen) atoms. The zero-order valence-corrected chi connectivity index (χ0v) is 11.5. The number of aromatic nitrogens is 1. The Hall–Kier alpha value is -2.26. The van der Waals surface area contributed by atoms with E-state index >= 15 is 0 Å². The predicted octanol–water partition coefficient (Wildman–Crippen LogP) is 2.39. The summed E-state index contributed by atoms with van der Waals surface area (Å²) in [4.78, 5) is 13.6. The molecule has 0 aliphatic carbocycles. The Labute approximate surface area is 117 Å². The second-order valence-electron chi connectivity index (χ2n) is 3.73. The van der Waals surface area contributed by atoms with Crippen LogP contribution in [0.4, 0.5) is 0 Å². The highest BCUT2D eigenvalue weighted by Crippen LogP contribution is 2.32. The molecule has 2 N–H and O–H groups in total. The number of ether oxygens (including phenoxy) is 1. The van der Waals surface area contributed by atoms with E-state index in [0.717, 1.165) is 0 Å². The highest BCUT2D eigenvalue weighted by molar-refractivity contribution is 9.10. The van der Waals surface area contributed by atoms with Crippen LogP contribution in [0.25, 0.3) is 11.1 Å². The number of halogens is 1. The lowest BCUT2D eigenvalue weighted by atomic mass is 10.0. The molecule has 0 amide bonds. The predicted molar refractivity (Wildman–Crippen MR) is 73.1 cm³/mol. The van der Waals surface area contributed by atoms with Crippen molar-refractivity contribution in [2.75, 3.05) is 7.11 Å². The second-order valence-corrected chi connectivity index (χ2v) is 4.59. The Morgan fingerprint density at radius 1 is 1.42 bits per heavy atom. The van der Waals surface area contributed by atoms with Crippen molar-refractivity contribution in [3.8, 4) is 28.8 Å². The van der Waals surface area contributed by atoms with Crippen molar-refractivity contribution >= 4 is 15.9 Å². The third kappa shape index (κ3) is 2.46. The molecule has 1 aromatic carbocycles. The highest BCUT2D eigenvalue weighted by atomic mass is 79.9. The molecule has 0 aliphatic heterocycles. The first-order valence-corrected chi connectivity index (χ1v) is 6.06. The van der Waals surface area contributed by atoms with E-state index in [1.165, 1.54) is 6.07 Å². The zero-order chi connectivity index (χ0) is 14.0. The molecule has 0 bridgehead atoms. The van der Waals surface area contributed by atoms with Gasteiger partial charge < -0.3 is 9.84 Å². The standard InChI is InChI=1S/C13H9BrN2O3/c1-19-11-3-2-7(4-10(11)14)8-5-12(17)16-13(18)9(8)6-15/h2-5H,1H3,(H2,16,17,18). The Balaban J connectivity index is 2.69. The van der Waals surface area contributed by atoms with E-state index in [1.54, 1.807) is 25.3 Å². The van der Waals surface area contributed by atoms with Crippen molar-refractivity contribution in [1.82, 2.24) is 4.98 Å². The summed E-state index contributed by atoms with van der Waals surface area (Å²) in [6.45, 7) is 0. The normalized spacial score (nSPS) is 9.95. The van der Waals surface area contributed by atoms with E-state index in [1.807, 2.05) is 6.07 Å². The molecule has 0 unspecified atom stereocenters. The maximum atomic E-state index is 11.4. The van der Waals surface area contributed by atoms with Crippen LogP contribution in [-0.4, -0.2) is 17.2 Å². The van der Waals surface area contributed by atoms with Gasteiger partial charge in [0.1, 0.15) is 17.4 Å². The summed E-state index contributed by atoms with van der Waals surface area (Å²) in [6.07, 6.45) is 0. The third-order valence-electron chi connectivity index (χ3n) is 2.60. The zero-order valence-electron chi connectivity index (χ0n) is 9.90. The first-order valence-electron chi connectivity index (χ1n) is 5.27. The van der Waals surface area contributed by atoms with Gasteiger partial charge in [-0.1, -0.05) is 6.07 Å². The number of aromatic amines is 1. The molecule has 1 heterocycles. The van der Waals surface area contributed by atoms with Gasteiger partial charge in [0.25, 0.3) is 5.56 Å². The molecule has 2 rings (SSSR count). The van der Waals surface area contributed by atoms with Crippen molar-refractivity contribution in [3.63, 3.8) is 0 Å². The number of methoxy groups -OCH3 is 1. The molecule has 1 aromatic heterocycles. The van der Waals surface area contributed by atoms with Crippen molar-refractivity contribution < 1.29 is 9.84 Å². The summed E-state index contributed by atoms with van der Waals surface area (Å²) >= 11 is 3.33. The fourth-order valence-corrected chi connectivity index (χ4v) is 2.26. The third-order valence-corrected chi connectivity index (χ3v) is 3.22. The first-order chi connectivity index (χ1) is 9.06. The summed E-state index contributed by atoms with van der Waals surface area (Å²) in [7, 11) is 1.54. The first kappa shape index (κ1) is 13.2. The molecule has 2 aromatic rings. The summed E-state index contributed by atoms with van der Waals surface area (Å²) in [5.74, 6) is 0.202. The van der Waals surface area contributed by atoms with Crippen LogP contribution in [0, 0.1) is 11.3 Å². The van der Waals surface area contributed by atoms with E-state index in [-0.39, 0.29) is 5.56 Å². The number of pyridine rings is 1. The number of aromatic hydroxyl groups is 1. The van der Waals surface area contributed by atoms with E-state index < -0.39 is 11.4 Å². The van der Waals surface area contributed by atoms with Crippen LogP contribution in [0.5, 0.6) is 11.6 Å². The van der Waals surface area contributed by atoms with E-state index in [9.17, 15) is 9.90 Å². The maximum absolute atomic E-state index is 11.4. The Bertz CT molecular complexity index is 732. The summed E-state index contributed by atoms with van der Waals surface area (Å²) in [5.41, 5.74) is 0.549. The Morgan fingerprint density at radius 2 is 2.16 bits per heavy atom. The molecule has 0 aliphatic rings. The second kappa shape index (κ2) is 5.16. The van der Waals surface area contributed by atoms with Gasteiger partial charge in [-0.05, 0) is 33.6 Å². The quantitative estimate of drug-likeness (QED) is 0.889. The van der Waals surface area contributed by atoms with Gasteiger partial charge >= 0.3 is 0 Å². The van der Waals surface area contributed by atoms with E-state index in [0.29, 0.717) is 21.3 Å². The average Bonchev–Trinajstić information content (AvgIpc) is 2.37. The minimum Gasteiger partial charge on any atom is -0.496 e. The molecule has 0 fully saturated rings. The maximum Gasteiger partial charge on any atom is 0.251 e. The van der Waals surface area contributed by atoms with Gasteiger partial charge in [0.05, 0.1) is 11.6 Å². The van der Waals surface area contributed by atoms with Gasteiger partial charge in [-0.25, -0.2) is 0 Å². The van der Waals surface area contributed by atoms with Crippen molar-refractivity contribution in [1.29, 1.82) is 5.26 Å². The molecule has 5 nitrogen and oxygen atoms in total. The fraction of sp³-hybridized carbons (Fsp3) is 0.0769. The van der Waals surface area contributed by atoms with Gasteiger partial charge in [0, 0.05) is 11.6 Å². The van der Waals surface area contributed by atoms with Crippen LogP contribution < -0.4 is 10.3 Å². The number of hydrogen-bond acceptors (Lipinski definition) is 4. The minimum atomic E-state index is -0.474. The number of hydrogen-bond donors (Lipinski definition) is 2. The van der Waals surface area contributed by atoms with Crippen LogP contribution in [0.2, 0.25) is 0 Å². The minimum absolute atomic E-state index is 0.0247. The van der Waals surface area contributed by atoms with Crippen LogP contribution in [-0.2, 0) is 0 Å².